The van der Waals surface area contributed by atoms with Crippen LogP contribution in [-0.4, -0.2) is 42.0 Å². The molecule has 8 heteroatoms. The number of hydrogen-bond acceptors (Lipinski definition) is 6. The molecule has 1 unspecified atom stereocenters. The van der Waals surface area contributed by atoms with Gasteiger partial charge in [0.15, 0.2) is 0 Å². The number of rotatable bonds is 6. The van der Waals surface area contributed by atoms with Crippen LogP contribution in [-0.2, 0) is 12.8 Å². The van der Waals surface area contributed by atoms with E-state index in [4.69, 9.17) is 9.47 Å². The van der Waals surface area contributed by atoms with E-state index < -0.39 is 6.10 Å². The van der Waals surface area contributed by atoms with Gasteiger partial charge in [0.05, 0.1) is 25.8 Å². The second-order valence-electron chi connectivity index (χ2n) is 7.24. The molecule has 4 rings (SSSR count). The molecule has 0 radical (unpaired) electrons. The summed E-state index contributed by atoms with van der Waals surface area (Å²) in [5.74, 6) is 1.67. The van der Waals surface area contributed by atoms with Crippen LogP contribution in [0.5, 0.6) is 17.2 Å². The fourth-order valence-corrected chi connectivity index (χ4v) is 4.13. The SMILES string of the molecule is COc1ccc(OC)c2c1CC(NCC(O)c1ccc(O)c3[nH]c(=O)ccc13)C2.Cl. The molecule has 160 valence electrons. The molecule has 1 atom stereocenters. The third kappa shape index (κ3) is 3.96. The Bertz CT molecular complexity index is 1080. The number of aliphatic hydroxyl groups excluding tert-OH is 1. The zero-order valence-electron chi connectivity index (χ0n) is 16.8. The summed E-state index contributed by atoms with van der Waals surface area (Å²) in [7, 11) is 3.32. The van der Waals surface area contributed by atoms with Crippen LogP contribution in [0, 0.1) is 0 Å². The van der Waals surface area contributed by atoms with Gasteiger partial charge in [0.1, 0.15) is 17.2 Å². The number of phenolic OH excluding ortho intramolecular Hbond substituents is 1. The molecule has 1 aliphatic carbocycles. The summed E-state index contributed by atoms with van der Waals surface area (Å²) in [6.45, 7) is 0.336. The number of aromatic nitrogens is 1. The normalized spacial score (nSPS) is 14.2. The largest absolute Gasteiger partial charge is 0.506 e. The Balaban J connectivity index is 0.00000256. The van der Waals surface area contributed by atoms with Crippen LogP contribution in [0.15, 0.2) is 41.2 Å². The van der Waals surface area contributed by atoms with Crippen molar-refractivity contribution in [3.8, 4) is 17.2 Å². The van der Waals surface area contributed by atoms with E-state index in [9.17, 15) is 15.0 Å². The van der Waals surface area contributed by atoms with E-state index >= 15 is 0 Å². The molecule has 30 heavy (non-hydrogen) atoms. The zero-order valence-corrected chi connectivity index (χ0v) is 17.6. The number of H-pyrrole nitrogens is 1. The topological polar surface area (TPSA) is 104 Å². The van der Waals surface area contributed by atoms with E-state index in [0.717, 1.165) is 35.5 Å². The molecule has 4 N–H and O–H groups in total. The first-order chi connectivity index (χ1) is 14.0. The van der Waals surface area contributed by atoms with Crippen molar-refractivity contribution >= 4 is 23.3 Å². The predicted octanol–water partition coefficient (Wildman–Crippen LogP) is 2.46. The molecule has 0 amide bonds. The number of aliphatic hydroxyl groups is 1. The van der Waals surface area contributed by atoms with Crippen LogP contribution >= 0.6 is 12.4 Å². The minimum absolute atomic E-state index is 0. The Morgan fingerprint density at radius 2 is 1.70 bits per heavy atom. The average molecular weight is 433 g/mol. The summed E-state index contributed by atoms with van der Waals surface area (Å²) < 4.78 is 11.0. The van der Waals surface area contributed by atoms with Crippen LogP contribution in [0.25, 0.3) is 10.9 Å². The number of halogens is 1. The van der Waals surface area contributed by atoms with E-state index in [2.05, 4.69) is 10.3 Å². The maximum Gasteiger partial charge on any atom is 0.248 e. The van der Waals surface area contributed by atoms with Gasteiger partial charge in [-0.05, 0) is 42.7 Å². The molecule has 1 heterocycles. The fraction of sp³-hybridized carbons (Fsp3) is 0.318. The second kappa shape index (κ2) is 8.95. The minimum Gasteiger partial charge on any atom is -0.506 e. The van der Waals surface area contributed by atoms with Gasteiger partial charge in [-0.1, -0.05) is 6.07 Å². The Morgan fingerprint density at radius 3 is 2.30 bits per heavy atom. The van der Waals surface area contributed by atoms with E-state index in [-0.39, 0.29) is 29.8 Å². The predicted molar refractivity (Wildman–Crippen MR) is 117 cm³/mol. The number of benzene rings is 2. The Morgan fingerprint density at radius 1 is 1.07 bits per heavy atom. The molecule has 3 aromatic rings. The molecular weight excluding hydrogens is 408 g/mol. The quantitative estimate of drug-likeness (QED) is 0.477. The lowest BCUT2D eigenvalue weighted by molar-refractivity contribution is 0.171. The van der Waals surface area contributed by atoms with Crippen molar-refractivity contribution in [3.05, 3.63) is 63.4 Å². The molecule has 0 aliphatic heterocycles. The van der Waals surface area contributed by atoms with E-state index in [1.165, 1.54) is 12.1 Å². The van der Waals surface area contributed by atoms with Crippen LogP contribution in [0.2, 0.25) is 0 Å². The van der Waals surface area contributed by atoms with E-state index in [1.807, 2.05) is 12.1 Å². The number of hydrogen-bond donors (Lipinski definition) is 4. The maximum absolute atomic E-state index is 11.6. The van der Waals surface area contributed by atoms with E-state index in [0.29, 0.717) is 23.0 Å². The van der Waals surface area contributed by atoms with Crippen LogP contribution in [0.4, 0.5) is 0 Å². The monoisotopic (exact) mass is 432 g/mol. The summed E-state index contributed by atoms with van der Waals surface area (Å²) in [6, 6.07) is 10.1. The smallest absolute Gasteiger partial charge is 0.248 e. The highest BCUT2D eigenvalue weighted by Crippen LogP contribution is 2.37. The Labute approximate surface area is 180 Å². The van der Waals surface area contributed by atoms with Gasteiger partial charge >= 0.3 is 0 Å². The summed E-state index contributed by atoms with van der Waals surface area (Å²) in [5, 5.41) is 24.8. The summed E-state index contributed by atoms with van der Waals surface area (Å²) >= 11 is 0. The lowest BCUT2D eigenvalue weighted by Crippen LogP contribution is -2.33. The fourth-order valence-electron chi connectivity index (χ4n) is 4.13. The highest BCUT2D eigenvalue weighted by Gasteiger charge is 2.28. The van der Waals surface area contributed by atoms with Crippen molar-refractivity contribution in [2.75, 3.05) is 20.8 Å². The lowest BCUT2D eigenvalue weighted by atomic mass is 10.0. The number of pyridine rings is 1. The zero-order chi connectivity index (χ0) is 20.5. The van der Waals surface area contributed by atoms with Crippen molar-refractivity contribution in [2.45, 2.75) is 25.0 Å². The van der Waals surface area contributed by atoms with Crippen LogP contribution in [0.3, 0.4) is 0 Å². The molecular formula is C22H25ClN2O5. The molecule has 0 bridgehead atoms. The van der Waals surface area contributed by atoms with Crippen molar-refractivity contribution in [1.29, 1.82) is 0 Å². The molecule has 2 aromatic carbocycles. The van der Waals surface area contributed by atoms with Crippen LogP contribution in [0.1, 0.15) is 22.8 Å². The van der Waals surface area contributed by atoms with Crippen molar-refractivity contribution in [1.82, 2.24) is 10.3 Å². The van der Waals surface area contributed by atoms with Gasteiger partial charge in [-0.3, -0.25) is 4.79 Å². The number of nitrogens with one attached hydrogen (secondary N) is 2. The van der Waals surface area contributed by atoms with Gasteiger partial charge in [0, 0.05) is 35.2 Å². The number of aromatic hydroxyl groups is 1. The molecule has 0 fully saturated rings. The second-order valence-corrected chi connectivity index (χ2v) is 7.24. The first kappa shape index (κ1) is 22.0. The highest BCUT2D eigenvalue weighted by atomic mass is 35.5. The molecule has 0 saturated heterocycles. The average Bonchev–Trinajstić information content (AvgIpc) is 3.16. The van der Waals surface area contributed by atoms with Crippen molar-refractivity contribution < 1.29 is 19.7 Å². The van der Waals surface area contributed by atoms with Gasteiger partial charge in [0.25, 0.3) is 0 Å². The van der Waals surface area contributed by atoms with Gasteiger partial charge in [-0.25, -0.2) is 0 Å². The number of ether oxygens (including phenoxy) is 2. The number of aromatic amines is 1. The molecule has 7 nitrogen and oxygen atoms in total. The molecule has 0 saturated carbocycles. The lowest BCUT2D eigenvalue weighted by Gasteiger charge is -2.18. The summed E-state index contributed by atoms with van der Waals surface area (Å²) in [6.07, 6.45) is 0.773. The third-order valence-corrected chi connectivity index (χ3v) is 5.55. The van der Waals surface area contributed by atoms with Crippen LogP contribution < -0.4 is 20.3 Å². The number of methoxy groups -OCH3 is 2. The van der Waals surface area contributed by atoms with Gasteiger partial charge in [-0.2, -0.15) is 0 Å². The molecule has 1 aromatic heterocycles. The molecule has 0 spiro atoms. The number of fused-ring (bicyclic) bond motifs is 2. The summed E-state index contributed by atoms with van der Waals surface area (Å²) in [5.41, 5.74) is 2.94. The van der Waals surface area contributed by atoms with Crippen molar-refractivity contribution in [2.24, 2.45) is 0 Å². The molecule has 1 aliphatic rings. The maximum atomic E-state index is 11.6. The van der Waals surface area contributed by atoms with E-state index in [1.54, 1.807) is 26.4 Å². The highest BCUT2D eigenvalue weighted by molar-refractivity contribution is 5.87. The minimum atomic E-state index is -0.795. The first-order valence-electron chi connectivity index (χ1n) is 9.51. The first-order valence-corrected chi connectivity index (χ1v) is 9.51. The summed E-state index contributed by atoms with van der Waals surface area (Å²) in [4.78, 5) is 14.2. The Kier molecular flexibility index (Phi) is 6.55. The van der Waals surface area contributed by atoms with Crippen molar-refractivity contribution in [3.63, 3.8) is 0 Å². The van der Waals surface area contributed by atoms with Gasteiger partial charge in [-0.15, -0.1) is 12.4 Å². The number of phenols is 1. The third-order valence-electron chi connectivity index (χ3n) is 5.55. The standard InChI is InChI=1S/C22H24N2O5.ClH/c1-28-19-6-7-20(29-2)16-10-12(9-15(16)19)23-11-18(26)13-3-5-17(25)22-14(13)4-8-21(27)24-22;/h3-8,12,18,23,25-26H,9-11H2,1-2H3,(H,24,27);1H. The van der Waals surface area contributed by atoms with Gasteiger partial charge in [0.2, 0.25) is 5.56 Å². The van der Waals surface area contributed by atoms with Gasteiger partial charge < -0.3 is 30.0 Å². The Hall–Kier alpha value is -2.74.